The van der Waals surface area contributed by atoms with Crippen molar-refractivity contribution in [3.05, 3.63) is 41.5 Å². The van der Waals surface area contributed by atoms with Crippen molar-refractivity contribution in [1.82, 2.24) is 0 Å². The minimum atomic E-state index is -1.56. The molecule has 0 amide bonds. The molecule has 5 N–H and O–H groups in total. The van der Waals surface area contributed by atoms with Crippen LogP contribution in [0.15, 0.2) is 35.9 Å². The third-order valence-corrected chi connectivity index (χ3v) is 13.9. The Hall–Kier alpha value is -3.00. The SMILES string of the molecule is COc1cc(C=CC(=O)OC[C@H]2O[C@@H](O[C@H]3CC[C@@]4(C)[C@@H](CC[C@@H]5[C@@H]4CC[C@]4(C)[C@@H](C6=CC(=O)OC6)CC[C@]54O)C3)[C@H](O)[C@@H](O)[C@@H]2O)ccc1O. The van der Waals surface area contributed by atoms with E-state index in [9.17, 15) is 35.1 Å². The lowest BCUT2D eigenvalue weighted by Gasteiger charge is -2.64. The Morgan fingerprint density at radius 1 is 1.00 bits per heavy atom. The van der Waals surface area contributed by atoms with Crippen LogP contribution in [0.5, 0.6) is 11.5 Å². The molecule has 6 aliphatic rings. The van der Waals surface area contributed by atoms with Crippen LogP contribution in [0.25, 0.3) is 6.08 Å². The second kappa shape index (κ2) is 13.8. The number of ether oxygens (including phenoxy) is 5. The minimum Gasteiger partial charge on any atom is -0.504 e. The summed E-state index contributed by atoms with van der Waals surface area (Å²) in [7, 11) is 1.42. The molecule has 4 aliphatic carbocycles. The summed E-state index contributed by atoms with van der Waals surface area (Å²) in [5.41, 5.74) is 0.554. The number of esters is 2. The van der Waals surface area contributed by atoms with Crippen LogP contribution in [0.2, 0.25) is 0 Å². The molecule has 280 valence electrons. The Kier molecular flexibility index (Phi) is 9.81. The Balaban J connectivity index is 0.959. The molecule has 1 aromatic rings. The summed E-state index contributed by atoms with van der Waals surface area (Å²) in [6, 6.07) is 4.60. The van der Waals surface area contributed by atoms with Gasteiger partial charge in [0.15, 0.2) is 17.8 Å². The monoisotopic (exact) mass is 712 g/mol. The van der Waals surface area contributed by atoms with Gasteiger partial charge in [-0.3, -0.25) is 0 Å². The van der Waals surface area contributed by atoms with Gasteiger partial charge in [0.1, 0.15) is 37.6 Å². The van der Waals surface area contributed by atoms with Crippen molar-refractivity contribution < 1.29 is 58.8 Å². The quantitative estimate of drug-likeness (QED) is 0.151. The molecule has 0 aromatic heterocycles. The van der Waals surface area contributed by atoms with E-state index in [1.807, 2.05) is 0 Å². The smallest absolute Gasteiger partial charge is 0.331 e. The first-order valence-electron chi connectivity index (χ1n) is 18.4. The fourth-order valence-corrected chi connectivity index (χ4v) is 11.0. The van der Waals surface area contributed by atoms with E-state index in [1.165, 1.54) is 25.3 Å². The van der Waals surface area contributed by atoms with Crippen LogP contribution < -0.4 is 4.74 Å². The molecular weight excluding hydrogens is 660 g/mol. The van der Waals surface area contributed by atoms with Crippen molar-refractivity contribution in [3.8, 4) is 11.5 Å². The van der Waals surface area contributed by atoms with Gasteiger partial charge in [0, 0.05) is 17.6 Å². The molecule has 1 saturated heterocycles. The van der Waals surface area contributed by atoms with Crippen LogP contribution >= 0.6 is 0 Å². The van der Waals surface area contributed by atoms with E-state index < -0.39 is 42.3 Å². The highest BCUT2D eigenvalue weighted by Gasteiger charge is 2.67. The van der Waals surface area contributed by atoms with Gasteiger partial charge >= 0.3 is 11.9 Å². The molecule has 12 nitrogen and oxygen atoms in total. The summed E-state index contributed by atoms with van der Waals surface area (Å²) in [5.74, 6) is 0.278. The molecule has 51 heavy (non-hydrogen) atoms. The molecule has 4 saturated carbocycles. The number of carbonyl (C=O) groups excluding carboxylic acids is 2. The molecule has 12 heteroatoms. The highest BCUT2D eigenvalue weighted by atomic mass is 16.7. The number of hydrogen-bond acceptors (Lipinski definition) is 12. The largest absolute Gasteiger partial charge is 0.504 e. The van der Waals surface area contributed by atoms with E-state index >= 15 is 0 Å². The second-order valence-corrected chi connectivity index (χ2v) is 16.2. The molecule has 0 radical (unpaired) electrons. The lowest BCUT2D eigenvalue weighted by molar-refractivity contribution is -0.317. The molecule has 0 spiro atoms. The maximum absolute atomic E-state index is 12.5. The third kappa shape index (κ3) is 6.29. The maximum Gasteiger partial charge on any atom is 0.331 e. The standard InChI is InChI=1S/C39H52O12/c1-37-13-10-24(18-23(37)6-7-27-26(37)11-14-38(2)25(12-15-39(27,38)46)22-17-32(42)48-19-22)50-36-35(45)34(44)33(43)30(51-36)20-49-31(41)9-5-21-4-8-28(40)29(16-21)47-3/h4-5,8-9,16-17,23-27,30,33-36,40,43-46H,6-7,10-15,18-20H2,1-3H3/t23-,24-,25+,26-,27+,30+,33+,34-,35+,36+,37-,38+,39-/m0/s1. The number of aliphatic hydroxyl groups excluding tert-OH is 3. The summed E-state index contributed by atoms with van der Waals surface area (Å²) >= 11 is 0. The van der Waals surface area contributed by atoms with Gasteiger partial charge in [-0.05, 0) is 116 Å². The summed E-state index contributed by atoms with van der Waals surface area (Å²) in [6.45, 7) is 4.56. The van der Waals surface area contributed by atoms with Gasteiger partial charge in [-0.25, -0.2) is 9.59 Å². The first-order chi connectivity index (χ1) is 24.3. The zero-order valence-electron chi connectivity index (χ0n) is 29.6. The lowest BCUT2D eigenvalue weighted by atomic mass is 9.43. The third-order valence-electron chi connectivity index (χ3n) is 13.9. The number of fused-ring (bicyclic) bond motifs is 5. The fourth-order valence-electron chi connectivity index (χ4n) is 11.0. The number of benzene rings is 1. The van der Waals surface area contributed by atoms with Crippen molar-refractivity contribution >= 4 is 18.0 Å². The maximum atomic E-state index is 12.5. The van der Waals surface area contributed by atoms with Gasteiger partial charge in [-0.2, -0.15) is 0 Å². The van der Waals surface area contributed by atoms with E-state index in [0.29, 0.717) is 24.0 Å². The molecule has 2 aliphatic heterocycles. The van der Waals surface area contributed by atoms with E-state index in [2.05, 4.69) is 13.8 Å². The van der Waals surface area contributed by atoms with Crippen molar-refractivity contribution in [1.29, 1.82) is 0 Å². The predicted molar refractivity (Wildman–Crippen MR) is 182 cm³/mol. The Morgan fingerprint density at radius 2 is 1.80 bits per heavy atom. The molecule has 5 fully saturated rings. The fraction of sp³-hybridized carbons (Fsp3) is 0.692. The normalized spacial score (nSPS) is 43.5. The summed E-state index contributed by atoms with van der Waals surface area (Å²) in [4.78, 5) is 24.4. The zero-order valence-corrected chi connectivity index (χ0v) is 29.6. The number of rotatable bonds is 8. The topological polar surface area (TPSA) is 181 Å². The van der Waals surface area contributed by atoms with Gasteiger partial charge in [-0.15, -0.1) is 0 Å². The van der Waals surface area contributed by atoms with Crippen molar-refractivity contribution in [2.75, 3.05) is 20.3 Å². The molecule has 2 heterocycles. The first kappa shape index (κ1) is 36.4. The van der Waals surface area contributed by atoms with Gasteiger partial charge < -0.3 is 49.2 Å². The number of hydrogen-bond donors (Lipinski definition) is 5. The summed E-state index contributed by atoms with van der Waals surface area (Å²) < 4.78 is 27.9. The number of methoxy groups -OCH3 is 1. The van der Waals surface area contributed by atoms with E-state index in [4.69, 9.17) is 23.7 Å². The molecule has 0 bridgehead atoms. The zero-order chi connectivity index (χ0) is 36.3. The summed E-state index contributed by atoms with van der Waals surface area (Å²) in [5, 5.41) is 54.4. The van der Waals surface area contributed by atoms with Crippen molar-refractivity contribution in [2.45, 2.75) is 114 Å². The van der Waals surface area contributed by atoms with Gasteiger partial charge in [0.25, 0.3) is 0 Å². The minimum absolute atomic E-state index is 0.0148. The van der Waals surface area contributed by atoms with Gasteiger partial charge in [-0.1, -0.05) is 19.9 Å². The van der Waals surface area contributed by atoms with E-state index in [1.54, 1.807) is 18.2 Å². The van der Waals surface area contributed by atoms with Crippen LogP contribution in [-0.4, -0.2) is 100 Å². The van der Waals surface area contributed by atoms with E-state index in [0.717, 1.165) is 63.4 Å². The van der Waals surface area contributed by atoms with Crippen LogP contribution in [0, 0.1) is 34.5 Å². The highest BCUT2D eigenvalue weighted by molar-refractivity contribution is 5.87. The Bertz CT molecular complexity index is 1560. The number of aliphatic hydroxyl groups is 4. The predicted octanol–water partition coefficient (Wildman–Crippen LogP) is 3.41. The van der Waals surface area contributed by atoms with E-state index in [-0.39, 0.29) is 52.8 Å². The van der Waals surface area contributed by atoms with Crippen LogP contribution in [0.1, 0.15) is 77.2 Å². The molecule has 0 unspecified atom stereocenters. The number of phenols is 1. The number of cyclic esters (lactones) is 1. The molecule has 13 atom stereocenters. The number of carbonyl (C=O) groups is 2. The average molecular weight is 713 g/mol. The Morgan fingerprint density at radius 3 is 2.55 bits per heavy atom. The molecule has 7 rings (SSSR count). The molecular formula is C39H52O12. The molecule has 1 aromatic carbocycles. The number of phenolic OH excluding ortho intramolecular Hbond substituents is 1. The van der Waals surface area contributed by atoms with Crippen LogP contribution in [0.4, 0.5) is 0 Å². The number of aromatic hydroxyl groups is 1. The van der Waals surface area contributed by atoms with Gasteiger partial charge in [0.2, 0.25) is 0 Å². The second-order valence-electron chi connectivity index (χ2n) is 16.2. The van der Waals surface area contributed by atoms with Crippen molar-refractivity contribution in [2.24, 2.45) is 34.5 Å². The first-order valence-corrected chi connectivity index (χ1v) is 18.4. The van der Waals surface area contributed by atoms with Crippen molar-refractivity contribution in [3.63, 3.8) is 0 Å². The van der Waals surface area contributed by atoms with Crippen LogP contribution in [0.3, 0.4) is 0 Å². The Labute approximate surface area is 298 Å². The average Bonchev–Trinajstić information content (AvgIpc) is 3.66. The summed E-state index contributed by atoms with van der Waals surface area (Å²) in [6.07, 6.45) is 4.94. The lowest BCUT2D eigenvalue weighted by Crippen LogP contribution is -2.63. The van der Waals surface area contributed by atoms with Gasteiger partial charge in [0.05, 0.1) is 18.8 Å². The highest BCUT2D eigenvalue weighted by Crippen LogP contribution is 2.70. The van der Waals surface area contributed by atoms with Crippen LogP contribution in [-0.2, 0) is 28.5 Å².